The number of hydrogen-bond acceptors (Lipinski definition) is 3. The number of carbonyl (C=O) groups is 1. The van der Waals surface area contributed by atoms with E-state index >= 15 is 0 Å². The number of nitrogens with zero attached hydrogens (tertiary/aromatic N) is 3. The fraction of sp³-hybridized carbons (Fsp3) is 0.333. The van der Waals surface area contributed by atoms with Gasteiger partial charge >= 0.3 is 6.03 Å². The van der Waals surface area contributed by atoms with Crippen LogP contribution >= 0.6 is 0 Å². The van der Waals surface area contributed by atoms with Crippen molar-refractivity contribution < 1.29 is 9.00 Å². The first kappa shape index (κ1) is 14.8. The molecule has 2 amide bonds. The Morgan fingerprint density at radius 2 is 2.14 bits per heavy atom. The topological polar surface area (TPSA) is 67.2 Å². The van der Waals surface area contributed by atoms with Gasteiger partial charge in [0.1, 0.15) is 0 Å². The Morgan fingerprint density at radius 3 is 2.82 bits per heavy atom. The molecule has 1 aliphatic heterocycles. The van der Waals surface area contributed by atoms with E-state index in [2.05, 4.69) is 10.4 Å². The van der Waals surface area contributed by atoms with Gasteiger partial charge in [-0.1, -0.05) is 18.2 Å². The Kier molecular flexibility index (Phi) is 4.24. The van der Waals surface area contributed by atoms with Crippen LogP contribution in [0.15, 0.2) is 42.7 Å². The number of anilines is 1. The molecule has 1 aromatic carbocycles. The molecule has 116 valence electrons. The minimum absolute atomic E-state index is 0.170. The highest BCUT2D eigenvalue weighted by atomic mass is 32.2. The second kappa shape index (κ2) is 6.31. The summed E-state index contributed by atoms with van der Waals surface area (Å²) in [7, 11) is 0.927. The molecule has 2 aromatic rings. The van der Waals surface area contributed by atoms with Crippen LogP contribution < -0.4 is 5.32 Å². The van der Waals surface area contributed by atoms with E-state index in [0.717, 1.165) is 11.3 Å². The summed E-state index contributed by atoms with van der Waals surface area (Å²) in [4.78, 5) is 14.3. The maximum absolute atomic E-state index is 12.6. The average Bonchev–Trinajstić information content (AvgIpc) is 2.94. The van der Waals surface area contributed by atoms with Gasteiger partial charge in [-0.05, 0) is 12.1 Å². The van der Waals surface area contributed by atoms with Crippen molar-refractivity contribution in [1.29, 1.82) is 0 Å². The molecule has 0 spiro atoms. The lowest BCUT2D eigenvalue weighted by atomic mass is 10.1. The maximum Gasteiger partial charge on any atom is 0.322 e. The van der Waals surface area contributed by atoms with Crippen LogP contribution in [0.5, 0.6) is 0 Å². The first-order valence-corrected chi connectivity index (χ1v) is 8.58. The van der Waals surface area contributed by atoms with Crippen molar-refractivity contribution in [3.63, 3.8) is 0 Å². The number of carbonyl (C=O) groups excluding carboxylic acids is 1. The minimum Gasteiger partial charge on any atom is -0.316 e. The van der Waals surface area contributed by atoms with Gasteiger partial charge in [0, 0.05) is 53.3 Å². The molecule has 2 atom stereocenters. The van der Waals surface area contributed by atoms with Crippen molar-refractivity contribution in [3.8, 4) is 0 Å². The second-order valence-corrected chi connectivity index (χ2v) is 6.88. The number of benzene rings is 1. The molecule has 0 radical (unpaired) electrons. The van der Waals surface area contributed by atoms with Crippen molar-refractivity contribution in [2.75, 3.05) is 23.4 Å². The summed E-state index contributed by atoms with van der Waals surface area (Å²) in [5.41, 5.74) is 1.67. The van der Waals surface area contributed by atoms with E-state index in [9.17, 15) is 9.00 Å². The molecule has 1 N–H and O–H groups in total. The van der Waals surface area contributed by atoms with Gasteiger partial charge in [0.15, 0.2) is 0 Å². The zero-order valence-corrected chi connectivity index (χ0v) is 13.1. The van der Waals surface area contributed by atoms with E-state index in [4.69, 9.17) is 0 Å². The number of nitrogens with one attached hydrogen (secondary N) is 1. The second-order valence-electron chi connectivity index (χ2n) is 5.26. The van der Waals surface area contributed by atoms with Gasteiger partial charge in [0.2, 0.25) is 0 Å². The highest BCUT2D eigenvalue weighted by Crippen LogP contribution is 2.25. The van der Waals surface area contributed by atoms with Gasteiger partial charge in [-0.2, -0.15) is 5.10 Å². The van der Waals surface area contributed by atoms with E-state index in [0.29, 0.717) is 18.1 Å². The lowest BCUT2D eigenvalue weighted by Gasteiger charge is -2.34. The summed E-state index contributed by atoms with van der Waals surface area (Å²) in [6.07, 6.45) is 3.60. The van der Waals surface area contributed by atoms with Crippen LogP contribution in [0.1, 0.15) is 11.6 Å². The molecular weight excluding hydrogens is 300 g/mol. The van der Waals surface area contributed by atoms with Crippen LogP contribution in [0.4, 0.5) is 10.5 Å². The van der Waals surface area contributed by atoms with Gasteiger partial charge < -0.3 is 10.2 Å². The van der Waals surface area contributed by atoms with Crippen molar-refractivity contribution >= 4 is 22.5 Å². The molecule has 1 aliphatic rings. The standard InChI is InChI=1S/C15H18N4O2S/c1-18-10-12(9-16-18)14-11-22(21)8-7-19(14)15(20)17-13-5-3-2-4-6-13/h2-6,9-10,14H,7-8,11H2,1H3,(H,17,20)/t14-,22-/m1/s1. The third-order valence-electron chi connectivity index (χ3n) is 3.68. The molecule has 2 heterocycles. The summed E-state index contributed by atoms with van der Waals surface area (Å²) >= 11 is 0. The molecule has 7 heteroatoms. The SMILES string of the molecule is Cn1cc([C@H]2C[S@](=O)CCN2C(=O)Nc2ccccc2)cn1. The molecule has 1 fully saturated rings. The number of hydrogen-bond donors (Lipinski definition) is 1. The quantitative estimate of drug-likeness (QED) is 0.917. The fourth-order valence-electron chi connectivity index (χ4n) is 2.55. The molecule has 3 rings (SSSR count). The van der Waals surface area contributed by atoms with Crippen LogP contribution in [0.3, 0.4) is 0 Å². The first-order valence-electron chi connectivity index (χ1n) is 7.09. The maximum atomic E-state index is 12.6. The molecule has 0 bridgehead atoms. The Hall–Kier alpha value is -2.15. The number of rotatable bonds is 2. The van der Waals surface area contributed by atoms with Crippen LogP contribution in [0, 0.1) is 0 Å². The smallest absolute Gasteiger partial charge is 0.316 e. The van der Waals surface area contributed by atoms with Gasteiger partial charge in [-0.3, -0.25) is 8.89 Å². The summed E-state index contributed by atoms with van der Waals surface area (Å²) in [5, 5.41) is 7.05. The predicted molar refractivity (Wildman–Crippen MR) is 86.0 cm³/mol. The van der Waals surface area contributed by atoms with Crippen LogP contribution in [0.25, 0.3) is 0 Å². The molecule has 22 heavy (non-hydrogen) atoms. The average molecular weight is 318 g/mol. The molecule has 0 unspecified atom stereocenters. The molecule has 1 aromatic heterocycles. The highest BCUT2D eigenvalue weighted by Gasteiger charge is 2.32. The van der Waals surface area contributed by atoms with Crippen molar-refractivity contribution in [3.05, 3.63) is 48.3 Å². The minimum atomic E-state index is -0.904. The van der Waals surface area contributed by atoms with Crippen LogP contribution in [-0.4, -0.2) is 43.0 Å². The lowest BCUT2D eigenvalue weighted by molar-refractivity contribution is 0.195. The van der Waals surface area contributed by atoms with Gasteiger partial charge in [-0.25, -0.2) is 4.79 Å². The molecular formula is C15H18N4O2S. The number of urea groups is 1. The summed E-state index contributed by atoms with van der Waals surface area (Å²) < 4.78 is 13.6. The van der Waals surface area contributed by atoms with E-state index in [1.165, 1.54) is 0 Å². The van der Waals surface area contributed by atoms with E-state index in [1.54, 1.807) is 15.8 Å². The molecule has 6 nitrogen and oxygen atoms in total. The van der Waals surface area contributed by atoms with Crippen LogP contribution in [-0.2, 0) is 17.8 Å². The Labute approximate surface area is 131 Å². The third kappa shape index (κ3) is 3.19. The normalized spacial score (nSPS) is 21.6. The first-order chi connectivity index (χ1) is 10.6. The fourth-order valence-corrected chi connectivity index (χ4v) is 3.85. The van der Waals surface area contributed by atoms with E-state index in [1.807, 2.05) is 43.6 Å². The summed E-state index contributed by atoms with van der Waals surface area (Å²) in [6, 6.07) is 8.97. The largest absolute Gasteiger partial charge is 0.322 e. The number of aromatic nitrogens is 2. The Bertz CT molecular complexity index is 686. The molecule has 0 saturated carbocycles. The lowest BCUT2D eigenvalue weighted by Crippen LogP contribution is -2.46. The number of amides is 2. The molecule has 1 saturated heterocycles. The summed E-state index contributed by atoms with van der Waals surface area (Å²) in [6.45, 7) is 0.477. The van der Waals surface area contributed by atoms with Crippen LogP contribution in [0.2, 0.25) is 0 Å². The predicted octanol–water partition coefficient (Wildman–Crippen LogP) is 1.76. The number of para-hydroxylation sites is 1. The zero-order valence-electron chi connectivity index (χ0n) is 12.3. The van der Waals surface area contributed by atoms with E-state index in [-0.39, 0.29) is 12.1 Å². The Balaban J connectivity index is 1.80. The molecule has 0 aliphatic carbocycles. The van der Waals surface area contributed by atoms with Gasteiger partial charge in [-0.15, -0.1) is 0 Å². The zero-order chi connectivity index (χ0) is 15.5. The van der Waals surface area contributed by atoms with Gasteiger partial charge in [0.25, 0.3) is 0 Å². The van der Waals surface area contributed by atoms with Crippen molar-refractivity contribution in [1.82, 2.24) is 14.7 Å². The Morgan fingerprint density at radius 1 is 1.36 bits per heavy atom. The monoisotopic (exact) mass is 318 g/mol. The number of aryl methyl sites for hydroxylation is 1. The van der Waals surface area contributed by atoms with E-state index < -0.39 is 10.8 Å². The van der Waals surface area contributed by atoms with Crippen molar-refractivity contribution in [2.24, 2.45) is 7.05 Å². The third-order valence-corrected chi connectivity index (χ3v) is 5.00. The van der Waals surface area contributed by atoms with Gasteiger partial charge in [0.05, 0.1) is 12.2 Å². The summed E-state index contributed by atoms with van der Waals surface area (Å²) in [5.74, 6) is 0.965. The van der Waals surface area contributed by atoms with Crippen molar-refractivity contribution in [2.45, 2.75) is 6.04 Å². The highest BCUT2D eigenvalue weighted by molar-refractivity contribution is 7.85.